The number of aromatic nitrogens is 1. The fourth-order valence-corrected chi connectivity index (χ4v) is 1.76. The van der Waals surface area contributed by atoms with Gasteiger partial charge < -0.3 is 10.2 Å². The minimum absolute atomic E-state index is 0. The van der Waals surface area contributed by atoms with Crippen LogP contribution < -0.4 is 10.2 Å². The molecule has 3 nitrogen and oxygen atoms in total. The van der Waals surface area contributed by atoms with E-state index in [1.54, 1.807) is 0 Å². The molecule has 0 bridgehead atoms. The summed E-state index contributed by atoms with van der Waals surface area (Å²) in [6.07, 6.45) is 1.51. The molecule has 0 amide bonds. The Balaban J connectivity index is 0.00000112. The maximum Gasteiger partial charge on any atom is 0.214 e. The van der Waals surface area contributed by atoms with Crippen molar-refractivity contribution in [1.29, 1.82) is 0 Å². The van der Waals surface area contributed by atoms with Gasteiger partial charge in [-0.15, -0.1) is 24.8 Å². The summed E-state index contributed by atoms with van der Waals surface area (Å²) in [5.41, 5.74) is 0.922. The lowest BCUT2D eigenvalue weighted by Crippen LogP contribution is -2.49. The first-order valence-electron chi connectivity index (χ1n) is 4.85. The molecule has 0 aliphatic carbocycles. The lowest BCUT2D eigenvalue weighted by atomic mass is 10.2. The van der Waals surface area contributed by atoms with Crippen LogP contribution in [0, 0.1) is 5.95 Å². The fourth-order valence-electron chi connectivity index (χ4n) is 1.76. The maximum atomic E-state index is 12.9. The van der Waals surface area contributed by atoms with Crippen molar-refractivity contribution in [1.82, 2.24) is 10.3 Å². The van der Waals surface area contributed by atoms with E-state index >= 15 is 0 Å². The van der Waals surface area contributed by atoms with E-state index in [9.17, 15) is 4.39 Å². The molecule has 1 aromatic heterocycles. The molecule has 0 aromatic carbocycles. The van der Waals surface area contributed by atoms with Gasteiger partial charge in [-0.25, -0.2) is 4.98 Å². The van der Waals surface area contributed by atoms with Gasteiger partial charge in [-0.3, -0.25) is 0 Å². The van der Waals surface area contributed by atoms with Gasteiger partial charge in [0.25, 0.3) is 0 Å². The zero-order valence-corrected chi connectivity index (χ0v) is 10.7. The van der Waals surface area contributed by atoms with Gasteiger partial charge >= 0.3 is 0 Å². The molecule has 1 saturated heterocycles. The zero-order chi connectivity index (χ0) is 9.97. The summed E-state index contributed by atoms with van der Waals surface area (Å²) in [6.45, 7) is 4.92. The Morgan fingerprint density at radius 3 is 2.88 bits per heavy atom. The standard InChI is InChI=1S/C10H14FN3.2ClH/c1-8-7-14(5-4-12-8)9-2-3-13-10(11)6-9;;/h2-3,6,8,12H,4-5,7H2,1H3;2*1H/t8-;;/m1../s1. The van der Waals surface area contributed by atoms with Gasteiger partial charge in [0.15, 0.2) is 0 Å². The van der Waals surface area contributed by atoms with Crippen LogP contribution in [0.1, 0.15) is 6.92 Å². The second-order valence-corrected chi connectivity index (χ2v) is 3.64. The lowest BCUT2D eigenvalue weighted by Gasteiger charge is -2.33. The Morgan fingerprint density at radius 1 is 1.50 bits per heavy atom. The van der Waals surface area contributed by atoms with Gasteiger partial charge in [0, 0.05) is 43.6 Å². The molecule has 1 aromatic rings. The van der Waals surface area contributed by atoms with Gasteiger partial charge in [-0.05, 0) is 13.0 Å². The summed E-state index contributed by atoms with van der Waals surface area (Å²) in [5.74, 6) is -0.409. The van der Waals surface area contributed by atoms with Gasteiger partial charge in [-0.2, -0.15) is 4.39 Å². The lowest BCUT2D eigenvalue weighted by molar-refractivity contribution is 0.483. The van der Waals surface area contributed by atoms with Crippen LogP contribution in [0.25, 0.3) is 0 Å². The molecule has 1 aliphatic rings. The average Bonchev–Trinajstić information content (AvgIpc) is 2.18. The van der Waals surface area contributed by atoms with E-state index in [1.807, 2.05) is 6.07 Å². The Kier molecular flexibility index (Phi) is 6.64. The topological polar surface area (TPSA) is 28.2 Å². The molecule has 2 heterocycles. The number of piperazine rings is 1. The van der Waals surface area contributed by atoms with Crippen molar-refractivity contribution in [2.75, 3.05) is 24.5 Å². The summed E-state index contributed by atoms with van der Waals surface area (Å²) in [5, 5.41) is 3.35. The Hall–Kier alpha value is -0.580. The van der Waals surface area contributed by atoms with Gasteiger partial charge in [0.05, 0.1) is 0 Å². The molecule has 2 rings (SSSR count). The molecular formula is C10H16Cl2FN3. The minimum Gasteiger partial charge on any atom is -0.369 e. The van der Waals surface area contributed by atoms with Gasteiger partial charge in [0.1, 0.15) is 0 Å². The molecule has 1 aliphatic heterocycles. The third-order valence-corrected chi connectivity index (χ3v) is 2.44. The summed E-state index contributed by atoms with van der Waals surface area (Å²) in [6, 6.07) is 3.79. The number of halogens is 3. The van der Waals surface area contributed by atoms with Crippen molar-refractivity contribution >= 4 is 30.5 Å². The SMILES string of the molecule is C[C@@H]1CN(c2ccnc(F)c2)CCN1.Cl.Cl. The average molecular weight is 268 g/mol. The smallest absolute Gasteiger partial charge is 0.214 e. The van der Waals surface area contributed by atoms with E-state index in [-0.39, 0.29) is 24.8 Å². The first-order chi connectivity index (χ1) is 6.75. The van der Waals surface area contributed by atoms with Crippen LogP contribution in [0.15, 0.2) is 18.3 Å². The number of anilines is 1. The second kappa shape index (κ2) is 6.89. The predicted octanol–water partition coefficient (Wildman–Crippen LogP) is 1.86. The molecule has 1 atom stereocenters. The molecule has 0 unspecified atom stereocenters. The molecule has 92 valence electrons. The Labute approximate surface area is 107 Å². The van der Waals surface area contributed by atoms with Crippen LogP contribution in [0.5, 0.6) is 0 Å². The number of hydrogen-bond donors (Lipinski definition) is 1. The van der Waals surface area contributed by atoms with Gasteiger partial charge in [0.2, 0.25) is 5.95 Å². The summed E-state index contributed by atoms with van der Waals surface area (Å²) < 4.78 is 12.9. The first kappa shape index (κ1) is 15.4. The fraction of sp³-hybridized carbons (Fsp3) is 0.500. The summed E-state index contributed by atoms with van der Waals surface area (Å²) >= 11 is 0. The second-order valence-electron chi connectivity index (χ2n) is 3.64. The summed E-state index contributed by atoms with van der Waals surface area (Å²) in [4.78, 5) is 5.72. The van der Waals surface area contributed by atoms with E-state index in [4.69, 9.17) is 0 Å². The van der Waals surface area contributed by atoms with Crippen molar-refractivity contribution < 1.29 is 4.39 Å². The normalized spacial score (nSPS) is 19.6. The highest BCUT2D eigenvalue weighted by Gasteiger charge is 2.15. The summed E-state index contributed by atoms with van der Waals surface area (Å²) in [7, 11) is 0. The monoisotopic (exact) mass is 267 g/mol. The van der Waals surface area contributed by atoms with Crippen LogP contribution in [0.4, 0.5) is 10.1 Å². The van der Waals surface area contributed by atoms with Crippen molar-refractivity contribution in [2.45, 2.75) is 13.0 Å². The molecule has 0 saturated carbocycles. The van der Waals surface area contributed by atoms with E-state index in [0.29, 0.717) is 6.04 Å². The van der Waals surface area contributed by atoms with E-state index in [0.717, 1.165) is 25.3 Å². The van der Waals surface area contributed by atoms with E-state index in [2.05, 4.69) is 22.1 Å². The van der Waals surface area contributed by atoms with Crippen LogP contribution in [0.2, 0.25) is 0 Å². The number of nitrogens with one attached hydrogen (secondary N) is 1. The highest BCUT2D eigenvalue weighted by atomic mass is 35.5. The Bertz CT molecular complexity index is 325. The number of nitrogens with zero attached hydrogens (tertiary/aromatic N) is 2. The van der Waals surface area contributed by atoms with E-state index in [1.165, 1.54) is 12.3 Å². The molecule has 1 N–H and O–H groups in total. The predicted molar refractivity (Wildman–Crippen MR) is 68.4 cm³/mol. The third-order valence-electron chi connectivity index (χ3n) is 2.44. The van der Waals surface area contributed by atoms with E-state index < -0.39 is 5.95 Å². The third kappa shape index (κ3) is 3.77. The highest BCUT2D eigenvalue weighted by molar-refractivity contribution is 5.85. The van der Waals surface area contributed by atoms with Gasteiger partial charge in [-0.1, -0.05) is 0 Å². The quantitative estimate of drug-likeness (QED) is 0.788. The molecule has 6 heteroatoms. The van der Waals surface area contributed by atoms with Crippen molar-refractivity contribution in [3.8, 4) is 0 Å². The molecule has 0 radical (unpaired) electrons. The molecule has 1 fully saturated rings. The zero-order valence-electron chi connectivity index (χ0n) is 9.02. The first-order valence-corrected chi connectivity index (χ1v) is 4.85. The Morgan fingerprint density at radius 2 is 2.25 bits per heavy atom. The number of rotatable bonds is 1. The largest absolute Gasteiger partial charge is 0.369 e. The maximum absolute atomic E-state index is 12.9. The molecule has 0 spiro atoms. The van der Waals surface area contributed by atoms with Crippen LogP contribution in [-0.2, 0) is 0 Å². The highest BCUT2D eigenvalue weighted by Crippen LogP contribution is 2.15. The number of pyridine rings is 1. The number of hydrogen-bond acceptors (Lipinski definition) is 3. The minimum atomic E-state index is -0.409. The van der Waals surface area contributed by atoms with Crippen LogP contribution in [-0.4, -0.2) is 30.7 Å². The van der Waals surface area contributed by atoms with Crippen molar-refractivity contribution in [2.24, 2.45) is 0 Å². The molecule has 16 heavy (non-hydrogen) atoms. The van der Waals surface area contributed by atoms with Crippen molar-refractivity contribution in [3.63, 3.8) is 0 Å². The van der Waals surface area contributed by atoms with Crippen LogP contribution in [0.3, 0.4) is 0 Å². The molecular weight excluding hydrogens is 252 g/mol. The van der Waals surface area contributed by atoms with Crippen molar-refractivity contribution in [3.05, 3.63) is 24.3 Å². The van der Waals surface area contributed by atoms with Crippen LogP contribution >= 0.6 is 24.8 Å².